The minimum Gasteiger partial charge on any atom is -0.230 e. The lowest BCUT2D eigenvalue weighted by Crippen LogP contribution is -2.35. The van der Waals surface area contributed by atoms with Crippen LogP contribution in [0.5, 0.6) is 0 Å². The first-order valence-corrected chi connectivity index (χ1v) is 2.98. The fraction of sp³-hybridized carbons (Fsp3) is 0.667. The average molecular weight is 210 g/mol. The minimum atomic E-state index is -5.34. The molecule has 0 radical (unpaired) electrons. The summed E-state index contributed by atoms with van der Waals surface area (Å²) < 4.78 is 81.3. The van der Waals surface area contributed by atoms with Crippen LogP contribution in [0.1, 0.15) is 6.92 Å². The van der Waals surface area contributed by atoms with Crippen LogP contribution in [0.2, 0.25) is 0 Å². The standard InChI is InChI=1S/C6H5F7/c1-4(7,6(11,12)13)2-3-5(8,9)10/h2-3H,1H3/b3-2+. The van der Waals surface area contributed by atoms with Crippen LogP contribution in [0.3, 0.4) is 0 Å². The highest BCUT2D eigenvalue weighted by Gasteiger charge is 2.50. The Morgan fingerprint density at radius 1 is 0.769 bits per heavy atom. The van der Waals surface area contributed by atoms with Crippen LogP contribution < -0.4 is 0 Å². The molecule has 0 heterocycles. The lowest BCUT2D eigenvalue weighted by molar-refractivity contribution is -0.206. The number of allylic oxidation sites excluding steroid dienone is 2. The van der Waals surface area contributed by atoms with Crippen LogP contribution >= 0.6 is 0 Å². The lowest BCUT2D eigenvalue weighted by Gasteiger charge is -2.19. The monoisotopic (exact) mass is 210 g/mol. The molecule has 0 spiro atoms. The molecule has 0 N–H and O–H groups in total. The van der Waals surface area contributed by atoms with E-state index in [9.17, 15) is 30.7 Å². The van der Waals surface area contributed by atoms with Crippen LogP contribution in [0.25, 0.3) is 0 Å². The predicted molar refractivity (Wildman–Crippen MR) is 30.8 cm³/mol. The van der Waals surface area contributed by atoms with Gasteiger partial charge in [0.05, 0.1) is 0 Å². The van der Waals surface area contributed by atoms with Crippen LogP contribution in [-0.2, 0) is 0 Å². The largest absolute Gasteiger partial charge is 0.425 e. The smallest absolute Gasteiger partial charge is 0.230 e. The van der Waals surface area contributed by atoms with Gasteiger partial charge >= 0.3 is 12.4 Å². The molecule has 0 bridgehead atoms. The minimum absolute atomic E-state index is 0.00917. The Morgan fingerprint density at radius 3 is 1.38 bits per heavy atom. The van der Waals surface area contributed by atoms with E-state index in [2.05, 4.69) is 0 Å². The van der Waals surface area contributed by atoms with E-state index in [4.69, 9.17) is 0 Å². The maximum Gasteiger partial charge on any atom is 0.425 e. The molecule has 0 saturated carbocycles. The summed E-state index contributed by atoms with van der Waals surface area (Å²) in [4.78, 5) is 0. The Kier molecular flexibility index (Phi) is 3.01. The van der Waals surface area contributed by atoms with Crippen LogP contribution in [0.4, 0.5) is 30.7 Å². The molecular weight excluding hydrogens is 205 g/mol. The molecule has 0 aliphatic carbocycles. The maximum atomic E-state index is 12.4. The van der Waals surface area contributed by atoms with Crippen molar-refractivity contribution >= 4 is 0 Å². The second-order valence-corrected chi connectivity index (χ2v) is 2.45. The quantitative estimate of drug-likeness (QED) is 0.459. The van der Waals surface area contributed by atoms with Gasteiger partial charge in [0.2, 0.25) is 5.67 Å². The lowest BCUT2D eigenvalue weighted by atomic mass is 10.1. The predicted octanol–water partition coefficient (Wildman–Crippen LogP) is 3.40. The van der Waals surface area contributed by atoms with Gasteiger partial charge in [0.25, 0.3) is 0 Å². The van der Waals surface area contributed by atoms with E-state index in [1.807, 2.05) is 0 Å². The summed E-state index contributed by atoms with van der Waals surface area (Å²) in [5.41, 5.74) is -3.96. The molecule has 1 unspecified atom stereocenters. The highest BCUT2D eigenvalue weighted by molar-refractivity contribution is 5.05. The van der Waals surface area contributed by atoms with Gasteiger partial charge in [-0.2, -0.15) is 26.3 Å². The fourth-order valence-electron chi connectivity index (χ4n) is 0.345. The summed E-state index contributed by atoms with van der Waals surface area (Å²) in [5, 5.41) is 0. The van der Waals surface area contributed by atoms with Gasteiger partial charge in [-0.3, -0.25) is 0 Å². The van der Waals surface area contributed by atoms with Gasteiger partial charge < -0.3 is 0 Å². The molecule has 0 nitrogen and oxygen atoms in total. The van der Waals surface area contributed by atoms with Gasteiger partial charge in [-0.05, 0) is 13.0 Å². The Labute approximate surface area is 69.0 Å². The van der Waals surface area contributed by atoms with E-state index in [0.717, 1.165) is 0 Å². The topological polar surface area (TPSA) is 0 Å². The first-order valence-electron chi connectivity index (χ1n) is 2.98. The van der Waals surface area contributed by atoms with Gasteiger partial charge in [0, 0.05) is 6.08 Å². The van der Waals surface area contributed by atoms with Crippen molar-refractivity contribution in [1.82, 2.24) is 0 Å². The van der Waals surface area contributed by atoms with E-state index in [1.165, 1.54) is 0 Å². The van der Waals surface area contributed by atoms with E-state index in [-0.39, 0.29) is 6.92 Å². The first kappa shape index (κ1) is 12.2. The van der Waals surface area contributed by atoms with Crippen molar-refractivity contribution in [3.8, 4) is 0 Å². The molecule has 78 valence electrons. The molecule has 0 aromatic carbocycles. The van der Waals surface area contributed by atoms with Crippen molar-refractivity contribution in [3.63, 3.8) is 0 Å². The van der Waals surface area contributed by atoms with Crippen LogP contribution in [0.15, 0.2) is 12.2 Å². The molecule has 0 aliphatic rings. The number of halogens is 7. The molecule has 0 aromatic rings. The third kappa shape index (κ3) is 4.14. The number of hydrogen-bond donors (Lipinski definition) is 0. The summed E-state index contributed by atoms with van der Waals surface area (Å²) in [6.45, 7) is 0.00917. The van der Waals surface area contributed by atoms with E-state index < -0.39 is 30.2 Å². The summed E-state index contributed by atoms with van der Waals surface area (Å²) in [7, 11) is 0. The Morgan fingerprint density at radius 2 is 1.15 bits per heavy atom. The van der Waals surface area contributed by atoms with Crippen molar-refractivity contribution in [3.05, 3.63) is 12.2 Å². The van der Waals surface area contributed by atoms with Gasteiger partial charge in [-0.15, -0.1) is 0 Å². The van der Waals surface area contributed by atoms with Crippen molar-refractivity contribution < 1.29 is 30.7 Å². The summed E-state index contributed by atoms with van der Waals surface area (Å²) >= 11 is 0. The fourth-order valence-corrected chi connectivity index (χ4v) is 0.345. The molecule has 1 atom stereocenters. The van der Waals surface area contributed by atoms with E-state index >= 15 is 0 Å². The van der Waals surface area contributed by atoms with Gasteiger partial charge in [-0.25, -0.2) is 4.39 Å². The molecule has 0 rings (SSSR count). The number of alkyl halides is 7. The zero-order valence-corrected chi connectivity index (χ0v) is 6.30. The second kappa shape index (κ2) is 3.19. The zero-order valence-electron chi connectivity index (χ0n) is 6.30. The summed E-state index contributed by atoms with van der Waals surface area (Å²) in [6.07, 6.45) is -11.6. The van der Waals surface area contributed by atoms with E-state index in [1.54, 1.807) is 0 Å². The van der Waals surface area contributed by atoms with E-state index in [0.29, 0.717) is 0 Å². The molecular formula is C6H5F7. The molecule has 0 aliphatic heterocycles. The van der Waals surface area contributed by atoms with Crippen molar-refractivity contribution in [1.29, 1.82) is 0 Å². The molecule has 13 heavy (non-hydrogen) atoms. The normalized spacial score (nSPS) is 19.1. The second-order valence-electron chi connectivity index (χ2n) is 2.45. The first-order chi connectivity index (χ1) is 5.46. The van der Waals surface area contributed by atoms with Crippen LogP contribution in [-0.4, -0.2) is 18.0 Å². The van der Waals surface area contributed by atoms with Gasteiger partial charge in [0.15, 0.2) is 0 Å². The SMILES string of the molecule is CC(F)(/C=C/C(F)(F)F)C(F)(F)F. The third-order valence-corrected chi connectivity index (χ3v) is 1.14. The molecule has 0 saturated heterocycles. The Balaban J connectivity index is 4.62. The van der Waals surface area contributed by atoms with Crippen molar-refractivity contribution in [2.24, 2.45) is 0 Å². The molecule has 0 fully saturated rings. The number of rotatable bonds is 1. The molecule has 0 amide bonds. The third-order valence-electron chi connectivity index (χ3n) is 1.14. The summed E-state index contributed by atoms with van der Waals surface area (Å²) in [6, 6.07) is 0. The number of hydrogen-bond acceptors (Lipinski definition) is 0. The van der Waals surface area contributed by atoms with Crippen molar-refractivity contribution in [2.75, 3.05) is 0 Å². The summed E-state index contributed by atoms with van der Waals surface area (Å²) in [5.74, 6) is 0. The van der Waals surface area contributed by atoms with Gasteiger partial charge in [-0.1, -0.05) is 0 Å². The Bertz CT molecular complexity index is 194. The average Bonchev–Trinajstić information content (AvgIpc) is 1.79. The molecule has 7 heteroatoms. The molecule has 0 aromatic heterocycles. The zero-order chi connectivity index (χ0) is 10.9. The maximum absolute atomic E-state index is 12.4. The Hall–Kier alpha value is -0.750. The van der Waals surface area contributed by atoms with Crippen LogP contribution in [0, 0.1) is 0 Å². The highest BCUT2D eigenvalue weighted by atomic mass is 19.4. The van der Waals surface area contributed by atoms with Crippen molar-refractivity contribution in [2.45, 2.75) is 24.9 Å². The van der Waals surface area contributed by atoms with Gasteiger partial charge in [0.1, 0.15) is 0 Å². The highest BCUT2D eigenvalue weighted by Crippen LogP contribution is 2.35.